The Labute approximate surface area is 109 Å². The Morgan fingerprint density at radius 3 is 2.42 bits per heavy atom. The van der Waals surface area contributed by atoms with Gasteiger partial charge in [0.1, 0.15) is 5.84 Å². The van der Waals surface area contributed by atoms with Gasteiger partial charge in [0.05, 0.1) is 5.56 Å². The number of anilines is 1. The zero-order valence-corrected chi connectivity index (χ0v) is 10.6. The van der Waals surface area contributed by atoms with E-state index in [1.807, 2.05) is 11.9 Å². The van der Waals surface area contributed by atoms with Crippen molar-refractivity contribution in [3.05, 3.63) is 29.3 Å². The van der Waals surface area contributed by atoms with Crippen molar-refractivity contribution in [2.75, 3.05) is 11.9 Å². The molecule has 0 atom stereocenters. The number of benzene rings is 1. The Balaban J connectivity index is 2.40. The summed E-state index contributed by atoms with van der Waals surface area (Å²) in [6.45, 7) is 0. The number of amidine groups is 1. The summed E-state index contributed by atoms with van der Waals surface area (Å²) in [5.74, 6) is -0.340. The normalized spacial score (nSPS) is 16.0. The fraction of sp³-hybridized carbons (Fsp3) is 0.462. The minimum absolute atomic E-state index is 0.143. The number of rotatable bonds is 3. The predicted molar refractivity (Wildman–Crippen MR) is 68.5 cm³/mol. The average molecular weight is 271 g/mol. The lowest BCUT2D eigenvalue weighted by Gasteiger charge is -2.37. The largest absolute Gasteiger partial charge is 0.416 e. The average Bonchev–Trinajstić information content (AvgIpc) is 2.24. The van der Waals surface area contributed by atoms with Gasteiger partial charge in [-0.15, -0.1) is 0 Å². The van der Waals surface area contributed by atoms with Crippen LogP contribution in [0.1, 0.15) is 30.4 Å². The molecule has 0 heterocycles. The summed E-state index contributed by atoms with van der Waals surface area (Å²) in [6.07, 6.45) is -1.24. The molecule has 19 heavy (non-hydrogen) atoms. The van der Waals surface area contributed by atoms with Gasteiger partial charge in [0.15, 0.2) is 0 Å². The van der Waals surface area contributed by atoms with Crippen molar-refractivity contribution in [1.82, 2.24) is 0 Å². The summed E-state index contributed by atoms with van der Waals surface area (Å²) in [5.41, 5.74) is 5.37. The highest BCUT2D eigenvalue weighted by molar-refractivity contribution is 6.00. The summed E-state index contributed by atoms with van der Waals surface area (Å²) in [7, 11) is 1.83. The molecule has 0 bridgehead atoms. The smallest absolute Gasteiger partial charge is 0.384 e. The van der Waals surface area contributed by atoms with Crippen LogP contribution in [0.2, 0.25) is 0 Å². The van der Waals surface area contributed by atoms with E-state index in [-0.39, 0.29) is 11.4 Å². The van der Waals surface area contributed by atoms with Crippen LogP contribution in [0, 0.1) is 5.41 Å². The number of nitrogens with two attached hydrogens (primary N) is 1. The maximum absolute atomic E-state index is 12.7. The van der Waals surface area contributed by atoms with Gasteiger partial charge in [-0.2, -0.15) is 13.2 Å². The second-order valence-corrected chi connectivity index (χ2v) is 4.84. The van der Waals surface area contributed by atoms with Crippen LogP contribution < -0.4 is 10.6 Å². The first-order chi connectivity index (χ1) is 8.80. The number of hydrogen-bond donors (Lipinski definition) is 2. The number of nitrogens with zero attached hydrogens (tertiary/aromatic N) is 1. The lowest BCUT2D eigenvalue weighted by molar-refractivity contribution is -0.137. The molecule has 1 aliphatic rings. The fourth-order valence-corrected chi connectivity index (χ4v) is 2.21. The molecule has 3 nitrogen and oxygen atoms in total. The minimum atomic E-state index is -4.42. The molecule has 3 N–H and O–H groups in total. The van der Waals surface area contributed by atoms with Crippen LogP contribution in [0.3, 0.4) is 0 Å². The maximum Gasteiger partial charge on any atom is 0.416 e. The Bertz CT molecular complexity index is 492. The zero-order chi connectivity index (χ0) is 14.2. The minimum Gasteiger partial charge on any atom is -0.384 e. The first kappa shape index (κ1) is 13.7. The van der Waals surface area contributed by atoms with Crippen LogP contribution in [-0.2, 0) is 6.18 Å². The van der Waals surface area contributed by atoms with Crippen molar-refractivity contribution in [2.45, 2.75) is 31.5 Å². The molecule has 1 aromatic carbocycles. The molecule has 1 aliphatic carbocycles. The van der Waals surface area contributed by atoms with Crippen molar-refractivity contribution < 1.29 is 13.2 Å². The van der Waals surface area contributed by atoms with Crippen LogP contribution in [0.5, 0.6) is 0 Å². The van der Waals surface area contributed by atoms with E-state index < -0.39 is 11.7 Å². The monoisotopic (exact) mass is 271 g/mol. The van der Waals surface area contributed by atoms with Gasteiger partial charge >= 0.3 is 6.18 Å². The second-order valence-electron chi connectivity index (χ2n) is 4.84. The lowest BCUT2D eigenvalue weighted by Crippen LogP contribution is -2.38. The summed E-state index contributed by atoms with van der Waals surface area (Å²) >= 11 is 0. The first-order valence-electron chi connectivity index (χ1n) is 6.09. The molecule has 2 rings (SSSR count). The van der Waals surface area contributed by atoms with E-state index in [9.17, 15) is 13.2 Å². The Morgan fingerprint density at radius 1 is 1.37 bits per heavy atom. The van der Waals surface area contributed by atoms with Crippen LogP contribution in [-0.4, -0.2) is 18.9 Å². The van der Waals surface area contributed by atoms with E-state index in [1.54, 1.807) is 0 Å². The number of nitrogen functional groups attached to an aromatic ring is 1. The van der Waals surface area contributed by atoms with Gasteiger partial charge in [0.2, 0.25) is 0 Å². The van der Waals surface area contributed by atoms with Crippen molar-refractivity contribution >= 4 is 11.5 Å². The van der Waals surface area contributed by atoms with Crippen LogP contribution in [0.15, 0.2) is 18.2 Å². The van der Waals surface area contributed by atoms with Gasteiger partial charge in [-0.05, 0) is 37.5 Å². The highest BCUT2D eigenvalue weighted by Gasteiger charge is 2.32. The van der Waals surface area contributed by atoms with E-state index in [0.29, 0.717) is 11.7 Å². The molecule has 104 valence electrons. The third-order valence-corrected chi connectivity index (χ3v) is 3.62. The van der Waals surface area contributed by atoms with E-state index in [4.69, 9.17) is 11.1 Å². The molecule has 1 saturated carbocycles. The third-order valence-electron chi connectivity index (χ3n) is 3.62. The van der Waals surface area contributed by atoms with E-state index in [0.717, 1.165) is 31.4 Å². The standard InChI is InChI=1S/C13H16F3N3/c1-19(9-3-2-4-9)11-6-5-8(13(14,15)16)7-10(11)12(17)18/h5-7,9H,2-4H2,1H3,(H3,17,18). The number of nitrogens with one attached hydrogen (secondary N) is 1. The number of alkyl halides is 3. The molecule has 0 aromatic heterocycles. The van der Waals surface area contributed by atoms with Crippen LogP contribution in [0.4, 0.5) is 18.9 Å². The van der Waals surface area contributed by atoms with Gasteiger partial charge in [0, 0.05) is 24.3 Å². The van der Waals surface area contributed by atoms with E-state index in [2.05, 4.69) is 0 Å². The summed E-state index contributed by atoms with van der Waals surface area (Å²) in [4.78, 5) is 1.92. The molecule has 6 heteroatoms. The predicted octanol–water partition coefficient (Wildman–Crippen LogP) is 2.98. The fourth-order valence-electron chi connectivity index (χ4n) is 2.21. The summed E-state index contributed by atoms with van der Waals surface area (Å²) < 4.78 is 38.0. The van der Waals surface area contributed by atoms with Gasteiger partial charge in [-0.25, -0.2) is 0 Å². The molecule has 0 amide bonds. The highest BCUT2D eigenvalue weighted by Crippen LogP contribution is 2.35. The maximum atomic E-state index is 12.7. The second kappa shape index (κ2) is 4.75. The Hall–Kier alpha value is -1.72. The summed E-state index contributed by atoms with van der Waals surface area (Å²) in [5, 5.41) is 7.47. The molecular weight excluding hydrogens is 255 g/mol. The molecule has 0 spiro atoms. The van der Waals surface area contributed by atoms with Crippen LogP contribution in [0.25, 0.3) is 0 Å². The molecule has 0 aliphatic heterocycles. The SMILES string of the molecule is CN(c1ccc(C(F)(F)F)cc1C(=N)N)C1CCC1. The van der Waals surface area contributed by atoms with Gasteiger partial charge < -0.3 is 10.6 Å². The topological polar surface area (TPSA) is 53.1 Å². The molecule has 0 unspecified atom stereocenters. The molecular formula is C13H16F3N3. The quantitative estimate of drug-likeness (QED) is 0.656. The summed E-state index contributed by atoms with van der Waals surface area (Å²) in [6, 6.07) is 3.72. The van der Waals surface area contributed by atoms with E-state index in [1.165, 1.54) is 6.07 Å². The Morgan fingerprint density at radius 2 is 2.00 bits per heavy atom. The highest BCUT2D eigenvalue weighted by atomic mass is 19.4. The van der Waals surface area contributed by atoms with Gasteiger partial charge in [-0.3, -0.25) is 5.41 Å². The van der Waals surface area contributed by atoms with Crippen molar-refractivity contribution in [3.63, 3.8) is 0 Å². The van der Waals surface area contributed by atoms with Crippen molar-refractivity contribution in [2.24, 2.45) is 5.73 Å². The van der Waals surface area contributed by atoms with Gasteiger partial charge in [0.25, 0.3) is 0 Å². The van der Waals surface area contributed by atoms with Gasteiger partial charge in [-0.1, -0.05) is 0 Å². The zero-order valence-electron chi connectivity index (χ0n) is 10.6. The molecule has 1 aromatic rings. The number of halogens is 3. The van der Waals surface area contributed by atoms with E-state index >= 15 is 0 Å². The molecule has 0 saturated heterocycles. The van der Waals surface area contributed by atoms with Crippen LogP contribution >= 0.6 is 0 Å². The third kappa shape index (κ3) is 2.67. The van der Waals surface area contributed by atoms with Crippen molar-refractivity contribution in [3.8, 4) is 0 Å². The first-order valence-corrected chi connectivity index (χ1v) is 6.09. The lowest BCUT2D eigenvalue weighted by atomic mass is 9.91. The molecule has 1 fully saturated rings. The van der Waals surface area contributed by atoms with Crippen molar-refractivity contribution in [1.29, 1.82) is 5.41 Å². The molecule has 0 radical (unpaired) electrons. The number of hydrogen-bond acceptors (Lipinski definition) is 2. The Kier molecular flexibility index (Phi) is 3.43.